The van der Waals surface area contributed by atoms with Crippen molar-refractivity contribution in [3.8, 4) is 0 Å². The maximum atomic E-state index is 13.0. The molecule has 7 N–H and O–H groups in total. The topological polar surface area (TPSA) is 166 Å². The number of carbonyl (C=O) groups excluding carboxylic acids is 1. The fourth-order valence-corrected chi connectivity index (χ4v) is 7.15. The van der Waals surface area contributed by atoms with Crippen LogP contribution in [0.1, 0.15) is 23.7 Å². The van der Waals surface area contributed by atoms with E-state index in [1.54, 1.807) is 30.0 Å². The molecule has 5 rings (SSSR count). The second-order valence-corrected chi connectivity index (χ2v) is 13.9. The molecule has 2 fully saturated rings. The van der Waals surface area contributed by atoms with Crippen LogP contribution in [-0.4, -0.2) is 100 Å². The van der Waals surface area contributed by atoms with Gasteiger partial charge in [-0.15, -0.1) is 17.8 Å². The Morgan fingerprint density at radius 1 is 1.04 bits per heavy atom. The molecule has 0 spiro atoms. The number of piperazine rings is 1. The average Bonchev–Trinajstić information content (AvgIpc) is 3.07. The second kappa shape index (κ2) is 23.1. The maximum Gasteiger partial charge on any atom is 0.264 e. The van der Waals surface area contributed by atoms with Gasteiger partial charge < -0.3 is 44.4 Å². The molecule has 1 unspecified atom stereocenters. The van der Waals surface area contributed by atoms with E-state index in [4.69, 9.17) is 4.74 Å². The molecule has 3 aromatic rings. The second-order valence-electron chi connectivity index (χ2n) is 11.1. The molecule has 11 nitrogen and oxygen atoms in total. The van der Waals surface area contributed by atoms with Crippen LogP contribution in [0.15, 0.2) is 82.6 Å². The van der Waals surface area contributed by atoms with Gasteiger partial charge in [-0.2, -0.15) is 18.2 Å². The Bertz CT molecular complexity index is 1490. The number of halogens is 3. The van der Waals surface area contributed by atoms with Crippen molar-refractivity contribution in [3.63, 3.8) is 0 Å². The zero-order valence-electron chi connectivity index (χ0n) is 27.7. The Kier molecular flexibility index (Phi) is 21.1. The van der Waals surface area contributed by atoms with Crippen LogP contribution in [0.2, 0.25) is 0 Å². The van der Waals surface area contributed by atoms with E-state index in [0.29, 0.717) is 5.69 Å². The third-order valence-corrected chi connectivity index (χ3v) is 10.1. The molecule has 1 amide bonds. The van der Waals surface area contributed by atoms with Crippen LogP contribution >= 0.6 is 11.8 Å². The first kappa shape index (κ1) is 45.5. The molecule has 50 heavy (non-hydrogen) atoms. The van der Waals surface area contributed by atoms with Crippen LogP contribution in [0.5, 0.6) is 0 Å². The fourth-order valence-electron chi connectivity index (χ4n) is 5.22. The van der Waals surface area contributed by atoms with Crippen LogP contribution in [0.4, 0.5) is 24.5 Å². The summed E-state index contributed by atoms with van der Waals surface area (Å²) in [5, 5.41) is 6.87. The Balaban J connectivity index is 0.00000169. The zero-order valence-corrected chi connectivity index (χ0v) is 31.1. The molecule has 1 radical (unpaired) electrons. The fraction of sp³-hybridized carbons (Fsp3) is 0.394. The SMILES string of the molecule is CC1CN(CC[C@H](CSc2ccccc2)Nc2[c-]cc(S(=O)(=O)NC(=O)c3ccc(N4CCNCC4)cc3)cc2)CCO1.F[C-](F)F.O.O.[Sc]. The normalized spacial score (nSPS) is 16.7. The van der Waals surface area contributed by atoms with Crippen LogP contribution in [0.3, 0.4) is 0 Å². The summed E-state index contributed by atoms with van der Waals surface area (Å²) in [7, 11) is -4.06. The van der Waals surface area contributed by atoms with Crippen molar-refractivity contribution in [1.29, 1.82) is 0 Å². The number of ether oxygens (including phenoxy) is 1. The van der Waals surface area contributed by atoms with Gasteiger partial charge in [0.1, 0.15) is 0 Å². The summed E-state index contributed by atoms with van der Waals surface area (Å²) < 4.78 is 62.7. The molecule has 2 aliphatic rings. The van der Waals surface area contributed by atoms with Crippen molar-refractivity contribution in [2.24, 2.45) is 0 Å². The van der Waals surface area contributed by atoms with Gasteiger partial charge in [0.05, 0.1) is 12.7 Å². The van der Waals surface area contributed by atoms with E-state index in [2.05, 4.69) is 50.3 Å². The van der Waals surface area contributed by atoms with Gasteiger partial charge in [-0.25, -0.2) is 8.42 Å². The van der Waals surface area contributed by atoms with Gasteiger partial charge in [0.2, 0.25) is 10.0 Å². The minimum absolute atomic E-state index is 0. The first-order chi connectivity index (χ1) is 22.6. The third kappa shape index (κ3) is 15.4. The Morgan fingerprint density at radius 3 is 2.30 bits per heavy atom. The molecule has 2 heterocycles. The quantitative estimate of drug-likeness (QED) is 0.185. The molecule has 0 saturated carbocycles. The minimum Gasteiger partial charge on any atom is -0.412 e. The predicted octanol–water partition coefficient (Wildman–Crippen LogP) is 3.39. The van der Waals surface area contributed by atoms with E-state index in [1.165, 1.54) is 17.0 Å². The number of benzene rings is 3. The molecule has 275 valence electrons. The van der Waals surface area contributed by atoms with Crippen LogP contribution in [0.25, 0.3) is 0 Å². The number of nitrogens with zero attached hydrogens (tertiary/aromatic N) is 2. The largest absolute Gasteiger partial charge is 0.412 e. The van der Waals surface area contributed by atoms with Gasteiger partial charge in [0.15, 0.2) is 6.68 Å². The molecule has 3 aromatic carbocycles. The smallest absolute Gasteiger partial charge is 0.264 e. The van der Waals surface area contributed by atoms with Crippen LogP contribution < -0.4 is 20.3 Å². The summed E-state index contributed by atoms with van der Waals surface area (Å²) in [6.07, 6.45) is 1.16. The monoisotopic (exact) mass is 772 g/mol. The first-order valence-electron chi connectivity index (χ1n) is 15.4. The number of hydrogen-bond donors (Lipinski definition) is 3. The molecular formula is C33H44F3N5O6S2Sc-2. The van der Waals surface area contributed by atoms with Crippen molar-refractivity contribution in [2.45, 2.75) is 35.3 Å². The Labute approximate surface area is 315 Å². The number of carbonyl (C=O) groups is 1. The van der Waals surface area contributed by atoms with Gasteiger partial charge in [-0.05, 0) is 54.6 Å². The Morgan fingerprint density at radius 2 is 1.70 bits per heavy atom. The van der Waals surface area contributed by atoms with Gasteiger partial charge >= 0.3 is 0 Å². The molecule has 2 aliphatic heterocycles. The third-order valence-electron chi connectivity index (χ3n) is 7.61. The maximum absolute atomic E-state index is 13.0. The molecular weight excluding hydrogens is 728 g/mol. The van der Waals surface area contributed by atoms with Crippen LogP contribution in [-0.2, 0) is 40.6 Å². The van der Waals surface area contributed by atoms with Gasteiger partial charge in [-0.1, -0.05) is 23.9 Å². The number of rotatable bonds is 12. The van der Waals surface area contributed by atoms with E-state index < -0.39 is 22.6 Å². The van der Waals surface area contributed by atoms with E-state index in [0.717, 1.165) is 70.3 Å². The molecule has 2 saturated heterocycles. The number of sulfonamides is 1. The molecule has 2 atom stereocenters. The number of morpholine rings is 1. The average molecular weight is 773 g/mol. The van der Waals surface area contributed by atoms with Crippen molar-refractivity contribution < 1.29 is 67.9 Å². The summed E-state index contributed by atoms with van der Waals surface area (Å²) >= 11 is 1.79. The predicted molar refractivity (Wildman–Crippen MR) is 186 cm³/mol. The standard InChI is InChI=1S/C32H40N5O4S2.CF3.2H2O.Sc/c1-25-23-36(21-22-41-25)18-15-28(24-42-30-5-3-2-4-6-30)34-27-9-13-31(14-10-27)43(39,40)35-32(38)26-7-11-29(12-8-26)37-19-16-33-17-20-37;2-1(3)4;;;/h2-9,11-14,25,28,33-34H,15-24H2,1H3,(H,35,38);;2*1H2;/q2*-1;;;/t25?,28-;;;;/m1..../s1. The first-order valence-corrected chi connectivity index (χ1v) is 17.8. The molecule has 0 bridgehead atoms. The number of anilines is 2. The minimum atomic E-state index is -4.06. The van der Waals surface area contributed by atoms with E-state index >= 15 is 0 Å². The van der Waals surface area contributed by atoms with Gasteiger partial charge in [0, 0.05) is 99.6 Å². The van der Waals surface area contributed by atoms with Gasteiger partial charge in [-0.3, -0.25) is 14.4 Å². The number of nitrogens with one attached hydrogen (secondary N) is 3. The van der Waals surface area contributed by atoms with E-state index in [1.807, 2.05) is 30.3 Å². The Hall–Kier alpha value is -2.51. The van der Waals surface area contributed by atoms with Crippen LogP contribution in [0, 0.1) is 12.7 Å². The van der Waals surface area contributed by atoms with Crippen molar-refractivity contribution >= 4 is 39.1 Å². The summed E-state index contributed by atoms with van der Waals surface area (Å²) in [5.41, 5.74) is 2.01. The molecule has 0 aliphatic carbocycles. The number of hydrogen-bond acceptors (Lipinski definition) is 9. The van der Waals surface area contributed by atoms with Crippen molar-refractivity contribution in [1.82, 2.24) is 14.9 Å². The summed E-state index contributed by atoms with van der Waals surface area (Å²) in [5.74, 6) is 0.186. The van der Waals surface area contributed by atoms with Crippen molar-refractivity contribution in [3.05, 3.63) is 91.1 Å². The summed E-state index contributed by atoms with van der Waals surface area (Å²) in [6.45, 7) is 6.15. The zero-order chi connectivity index (χ0) is 33.6. The van der Waals surface area contributed by atoms with Crippen molar-refractivity contribution in [2.75, 3.05) is 68.4 Å². The summed E-state index contributed by atoms with van der Waals surface area (Å²) in [4.78, 5) is 18.6. The number of thioether (sulfide) groups is 1. The van der Waals surface area contributed by atoms with Gasteiger partial charge in [0.25, 0.3) is 5.91 Å². The number of amides is 1. The van der Waals surface area contributed by atoms with E-state index in [9.17, 15) is 26.4 Å². The van der Waals surface area contributed by atoms with E-state index in [-0.39, 0.29) is 59.4 Å². The molecule has 17 heteroatoms. The summed E-state index contributed by atoms with van der Waals surface area (Å²) in [6, 6.07) is 25.2. The molecule has 0 aromatic heterocycles.